The van der Waals surface area contributed by atoms with Crippen LogP contribution in [0.25, 0.3) is 11.0 Å². The van der Waals surface area contributed by atoms with Gasteiger partial charge in [0.25, 0.3) is 0 Å². The van der Waals surface area contributed by atoms with Crippen LogP contribution < -0.4 is 5.69 Å². The van der Waals surface area contributed by atoms with E-state index >= 15 is 0 Å². The van der Waals surface area contributed by atoms with Crippen molar-refractivity contribution < 1.29 is 17.9 Å². The second kappa shape index (κ2) is 5.22. The highest BCUT2D eigenvalue weighted by atomic mass is 19.4. The first-order valence-electron chi connectivity index (χ1n) is 6.83. The second-order valence-electron chi connectivity index (χ2n) is 5.30. The average molecular weight is 300 g/mol. The van der Waals surface area contributed by atoms with Crippen LogP contribution in [-0.2, 0) is 17.5 Å². The van der Waals surface area contributed by atoms with Crippen LogP contribution in [-0.4, -0.2) is 22.8 Å². The van der Waals surface area contributed by atoms with Crippen LogP contribution in [0.5, 0.6) is 0 Å². The Kier molecular flexibility index (Phi) is 3.52. The lowest BCUT2D eigenvalue weighted by atomic mass is 10.00. The Hall–Kier alpha value is -1.76. The lowest BCUT2D eigenvalue weighted by Gasteiger charge is -2.22. The van der Waals surface area contributed by atoms with E-state index < -0.39 is 17.4 Å². The fraction of sp³-hybridized carbons (Fsp3) is 0.500. The Balaban J connectivity index is 2.08. The van der Waals surface area contributed by atoms with E-state index in [1.807, 2.05) is 0 Å². The Labute approximate surface area is 118 Å². The monoisotopic (exact) mass is 300 g/mol. The van der Waals surface area contributed by atoms with Crippen molar-refractivity contribution in [1.82, 2.24) is 9.55 Å². The standard InChI is InChI=1S/C14H15F3N2O2/c15-14(16,17)10-2-1-3-11-12(10)19(13(20)18-11)8-9-4-6-21-7-5-9/h1-3,9H,4-8H2,(H,18,20). The van der Waals surface area contributed by atoms with Crippen LogP contribution in [0.1, 0.15) is 18.4 Å². The van der Waals surface area contributed by atoms with E-state index in [9.17, 15) is 18.0 Å². The number of imidazole rings is 1. The summed E-state index contributed by atoms with van der Waals surface area (Å²) in [7, 11) is 0. The predicted molar refractivity (Wildman–Crippen MR) is 71.1 cm³/mol. The number of hydrogen-bond acceptors (Lipinski definition) is 2. The smallest absolute Gasteiger partial charge is 0.381 e. The Morgan fingerprint density at radius 2 is 2.00 bits per heavy atom. The van der Waals surface area contributed by atoms with Gasteiger partial charge in [0.05, 0.1) is 16.6 Å². The van der Waals surface area contributed by atoms with E-state index in [4.69, 9.17) is 4.74 Å². The summed E-state index contributed by atoms with van der Waals surface area (Å²) in [6.07, 6.45) is -2.97. The first-order valence-corrected chi connectivity index (χ1v) is 6.83. The summed E-state index contributed by atoms with van der Waals surface area (Å²) in [6.45, 7) is 1.47. The van der Waals surface area contributed by atoms with Gasteiger partial charge >= 0.3 is 11.9 Å². The van der Waals surface area contributed by atoms with Crippen LogP contribution in [0.3, 0.4) is 0 Å². The quantitative estimate of drug-likeness (QED) is 0.927. The van der Waals surface area contributed by atoms with Gasteiger partial charge in [-0.1, -0.05) is 6.07 Å². The van der Waals surface area contributed by atoms with Crippen molar-refractivity contribution in [2.75, 3.05) is 13.2 Å². The molecular formula is C14H15F3N2O2. The zero-order chi connectivity index (χ0) is 15.0. The van der Waals surface area contributed by atoms with Crippen molar-refractivity contribution in [3.63, 3.8) is 0 Å². The highest BCUT2D eigenvalue weighted by molar-refractivity contribution is 5.79. The molecule has 1 saturated heterocycles. The molecule has 0 amide bonds. The van der Waals surface area contributed by atoms with Gasteiger partial charge in [0, 0.05) is 19.8 Å². The molecule has 0 radical (unpaired) electrons. The maximum atomic E-state index is 13.1. The molecule has 1 aromatic heterocycles. The second-order valence-corrected chi connectivity index (χ2v) is 5.30. The van der Waals surface area contributed by atoms with Crippen LogP contribution in [0.15, 0.2) is 23.0 Å². The molecule has 0 unspecified atom stereocenters. The zero-order valence-electron chi connectivity index (χ0n) is 11.2. The molecule has 0 atom stereocenters. The molecule has 114 valence electrons. The summed E-state index contributed by atoms with van der Waals surface area (Å²) < 4.78 is 45.9. The lowest BCUT2D eigenvalue weighted by molar-refractivity contribution is -0.136. The van der Waals surface area contributed by atoms with Gasteiger partial charge < -0.3 is 9.72 Å². The van der Waals surface area contributed by atoms with E-state index in [-0.39, 0.29) is 23.5 Å². The van der Waals surface area contributed by atoms with Crippen molar-refractivity contribution in [2.45, 2.75) is 25.6 Å². The molecule has 4 nitrogen and oxygen atoms in total. The third-order valence-electron chi connectivity index (χ3n) is 3.88. The van der Waals surface area contributed by atoms with Gasteiger partial charge in [-0.05, 0) is 30.9 Å². The van der Waals surface area contributed by atoms with Crippen molar-refractivity contribution in [3.05, 3.63) is 34.2 Å². The van der Waals surface area contributed by atoms with Gasteiger partial charge in [-0.3, -0.25) is 4.57 Å². The number of aromatic nitrogens is 2. The molecule has 0 aliphatic carbocycles. The highest BCUT2D eigenvalue weighted by Crippen LogP contribution is 2.34. The summed E-state index contributed by atoms with van der Waals surface area (Å²) in [5, 5.41) is 0. The SMILES string of the molecule is O=c1[nH]c2cccc(C(F)(F)F)c2n1CC1CCOCC1. The summed E-state index contributed by atoms with van der Waals surface area (Å²) in [5.41, 5.74) is -1.10. The molecule has 1 N–H and O–H groups in total. The molecule has 1 aromatic carbocycles. The maximum absolute atomic E-state index is 13.1. The predicted octanol–water partition coefficient (Wildman–Crippen LogP) is 2.78. The van der Waals surface area contributed by atoms with Gasteiger partial charge in [-0.15, -0.1) is 0 Å². The van der Waals surface area contributed by atoms with Crippen molar-refractivity contribution in [2.24, 2.45) is 5.92 Å². The Morgan fingerprint density at radius 1 is 1.29 bits per heavy atom. The van der Waals surface area contributed by atoms with Crippen LogP contribution in [0.2, 0.25) is 0 Å². The summed E-state index contributed by atoms with van der Waals surface area (Å²) in [4.78, 5) is 14.5. The molecule has 7 heteroatoms. The maximum Gasteiger partial charge on any atom is 0.418 e. The fourth-order valence-corrected chi connectivity index (χ4v) is 2.81. The minimum Gasteiger partial charge on any atom is -0.381 e. The molecule has 1 fully saturated rings. The van der Waals surface area contributed by atoms with E-state index in [1.165, 1.54) is 16.7 Å². The first kappa shape index (κ1) is 14.2. The highest BCUT2D eigenvalue weighted by Gasteiger charge is 2.34. The number of fused-ring (bicyclic) bond motifs is 1. The molecule has 21 heavy (non-hydrogen) atoms. The van der Waals surface area contributed by atoms with Crippen molar-refractivity contribution >= 4 is 11.0 Å². The summed E-state index contributed by atoms with van der Waals surface area (Å²) >= 11 is 0. The number of halogens is 3. The average Bonchev–Trinajstić information content (AvgIpc) is 2.75. The van der Waals surface area contributed by atoms with Gasteiger partial charge in [0.15, 0.2) is 0 Å². The molecule has 1 aliphatic rings. The topological polar surface area (TPSA) is 47.0 Å². The van der Waals surface area contributed by atoms with Gasteiger partial charge in [-0.25, -0.2) is 4.79 Å². The Morgan fingerprint density at radius 3 is 2.67 bits per heavy atom. The van der Waals surface area contributed by atoms with Gasteiger partial charge in [-0.2, -0.15) is 13.2 Å². The van der Waals surface area contributed by atoms with E-state index in [0.717, 1.165) is 18.9 Å². The van der Waals surface area contributed by atoms with Crippen LogP contribution in [0.4, 0.5) is 13.2 Å². The number of H-pyrrole nitrogens is 1. The molecule has 2 aromatic rings. The number of hydrogen-bond donors (Lipinski definition) is 1. The van der Waals surface area contributed by atoms with E-state index in [1.54, 1.807) is 0 Å². The molecule has 1 aliphatic heterocycles. The Bertz CT molecular complexity index is 696. The van der Waals surface area contributed by atoms with Gasteiger partial charge in [0.2, 0.25) is 0 Å². The first-order chi connectivity index (χ1) is 9.97. The normalized spacial score (nSPS) is 17.5. The summed E-state index contributed by atoms with van der Waals surface area (Å²) in [6, 6.07) is 3.81. The van der Waals surface area contributed by atoms with Gasteiger partial charge in [0.1, 0.15) is 0 Å². The molecule has 3 rings (SSSR count). The summed E-state index contributed by atoms with van der Waals surface area (Å²) in [5.74, 6) is 0.164. The number of nitrogens with zero attached hydrogens (tertiary/aromatic N) is 1. The fourth-order valence-electron chi connectivity index (χ4n) is 2.81. The number of rotatable bonds is 2. The molecule has 2 heterocycles. The van der Waals surface area contributed by atoms with E-state index in [0.29, 0.717) is 13.2 Å². The minimum absolute atomic E-state index is 0.0542. The molecule has 0 saturated carbocycles. The largest absolute Gasteiger partial charge is 0.418 e. The van der Waals surface area contributed by atoms with Crippen LogP contribution >= 0.6 is 0 Å². The number of nitrogens with one attached hydrogen (secondary N) is 1. The third-order valence-corrected chi connectivity index (χ3v) is 3.88. The molecule has 0 spiro atoms. The number of ether oxygens (including phenoxy) is 1. The third kappa shape index (κ3) is 2.70. The van der Waals surface area contributed by atoms with E-state index in [2.05, 4.69) is 4.98 Å². The number of aromatic amines is 1. The lowest BCUT2D eigenvalue weighted by Crippen LogP contribution is -2.26. The van der Waals surface area contributed by atoms with Crippen LogP contribution in [0, 0.1) is 5.92 Å². The number of para-hydroxylation sites is 1. The minimum atomic E-state index is -4.48. The molecule has 0 bridgehead atoms. The van der Waals surface area contributed by atoms with Crippen molar-refractivity contribution in [1.29, 1.82) is 0 Å². The molecular weight excluding hydrogens is 285 g/mol. The number of benzene rings is 1. The number of alkyl halides is 3. The van der Waals surface area contributed by atoms with Crippen molar-refractivity contribution in [3.8, 4) is 0 Å². The zero-order valence-corrected chi connectivity index (χ0v) is 11.2.